The predicted octanol–water partition coefficient (Wildman–Crippen LogP) is 3.39. The Labute approximate surface area is 205 Å². The standard InChI is InChI=1S/C26H25N3O7/c1-34-18-10-15(11-19(35-2)23(18)36-3)14-8-16-21(17(30)9-14)20(22-24(27-16)28-29-25(22)31)12-4-6-13(7-5-12)26(32)33/h4-7,10-11,14,20H,8-9H2,1-3H3,(H,32,33)(H3,27,28,29,31)/t14-,20-/m0/s1. The molecule has 3 aromatic rings. The highest BCUT2D eigenvalue weighted by atomic mass is 16.5. The van der Waals surface area contributed by atoms with Crippen LogP contribution in [0.1, 0.15) is 51.7 Å². The van der Waals surface area contributed by atoms with Gasteiger partial charge in [-0.2, -0.15) is 0 Å². The number of Topliss-reactive ketones (excluding diaryl/α,β-unsaturated/α-hetero) is 1. The van der Waals surface area contributed by atoms with E-state index >= 15 is 0 Å². The normalized spacial score (nSPS) is 18.7. The van der Waals surface area contributed by atoms with Crippen molar-refractivity contribution in [3.05, 3.63) is 80.3 Å². The minimum absolute atomic E-state index is 0.0962. The summed E-state index contributed by atoms with van der Waals surface area (Å²) in [5, 5.41) is 18.0. The number of allylic oxidation sites excluding steroid dienone is 2. The topological polar surface area (TPSA) is 143 Å². The molecule has 0 spiro atoms. The summed E-state index contributed by atoms with van der Waals surface area (Å²) in [7, 11) is 4.62. The minimum Gasteiger partial charge on any atom is -0.493 e. The fraction of sp³-hybridized carbons (Fsp3) is 0.269. The summed E-state index contributed by atoms with van der Waals surface area (Å²) >= 11 is 0. The van der Waals surface area contributed by atoms with Crippen LogP contribution in [0.5, 0.6) is 17.2 Å². The number of hydrogen-bond acceptors (Lipinski definition) is 7. The van der Waals surface area contributed by atoms with E-state index in [0.717, 1.165) is 5.56 Å². The van der Waals surface area contributed by atoms with E-state index < -0.39 is 11.9 Å². The van der Waals surface area contributed by atoms with Crippen molar-refractivity contribution in [2.45, 2.75) is 24.7 Å². The largest absolute Gasteiger partial charge is 0.493 e. The first-order valence-electron chi connectivity index (χ1n) is 11.3. The van der Waals surface area contributed by atoms with Crippen LogP contribution in [0.4, 0.5) is 5.82 Å². The lowest BCUT2D eigenvalue weighted by Crippen LogP contribution is -2.31. The number of aromatic amines is 2. The first-order chi connectivity index (χ1) is 17.4. The van der Waals surface area contributed by atoms with Crippen molar-refractivity contribution in [2.24, 2.45) is 0 Å². The second kappa shape index (κ2) is 8.95. The molecule has 1 aliphatic carbocycles. The molecule has 36 heavy (non-hydrogen) atoms. The zero-order valence-electron chi connectivity index (χ0n) is 19.9. The Balaban J connectivity index is 1.59. The number of rotatable bonds is 6. The molecular weight excluding hydrogens is 466 g/mol. The molecule has 1 aliphatic heterocycles. The summed E-state index contributed by atoms with van der Waals surface area (Å²) in [6.07, 6.45) is 0.733. The van der Waals surface area contributed by atoms with E-state index in [2.05, 4.69) is 15.5 Å². The van der Waals surface area contributed by atoms with E-state index in [1.807, 2.05) is 12.1 Å². The number of benzene rings is 2. The SMILES string of the molecule is COc1cc([C@@H]2CC(=O)C3=C(C2)Nc2[nH][nH]c(=O)c2[C@H]3c2ccc(C(=O)O)cc2)cc(OC)c1OC. The van der Waals surface area contributed by atoms with E-state index in [1.165, 1.54) is 19.2 Å². The lowest BCUT2D eigenvalue weighted by atomic mass is 9.72. The third-order valence-corrected chi connectivity index (χ3v) is 6.83. The molecule has 186 valence electrons. The number of hydrogen-bond donors (Lipinski definition) is 4. The molecule has 4 N–H and O–H groups in total. The lowest BCUT2D eigenvalue weighted by molar-refractivity contribution is -0.116. The molecule has 1 aromatic heterocycles. The van der Waals surface area contributed by atoms with Crippen molar-refractivity contribution in [3.8, 4) is 17.2 Å². The number of fused-ring (bicyclic) bond motifs is 1. The highest BCUT2D eigenvalue weighted by Crippen LogP contribution is 2.48. The number of ether oxygens (including phenoxy) is 3. The second-order valence-electron chi connectivity index (χ2n) is 8.73. The van der Waals surface area contributed by atoms with Gasteiger partial charge in [0.1, 0.15) is 5.82 Å². The first-order valence-corrected chi connectivity index (χ1v) is 11.3. The smallest absolute Gasteiger partial charge is 0.335 e. The zero-order chi connectivity index (χ0) is 25.6. The summed E-state index contributed by atoms with van der Waals surface area (Å²) in [5.41, 5.74) is 2.94. The van der Waals surface area contributed by atoms with Crippen LogP contribution in [0, 0.1) is 0 Å². The van der Waals surface area contributed by atoms with Gasteiger partial charge in [0, 0.05) is 23.6 Å². The van der Waals surface area contributed by atoms with Crippen molar-refractivity contribution >= 4 is 17.6 Å². The van der Waals surface area contributed by atoms with Crippen LogP contribution in [0.25, 0.3) is 0 Å². The number of H-pyrrole nitrogens is 2. The third-order valence-electron chi connectivity index (χ3n) is 6.83. The molecule has 2 heterocycles. The number of carboxylic acid groups (broad SMARTS) is 1. The van der Waals surface area contributed by atoms with Crippen LogP contribution >= 0.6 is 0 Å². The highest BCUT2D eigenvalue weighted by Gasteiger charge is 2.40. The fourth-order valence-electron chi connectivity index (χ4n) is 5.15. The Morgan fingerprint density at radius 3 is 2.17 bits per heavy atom. The predicted molar refractivity (Wildman–Crippen MR) is 130 cm³/mol. The molecule has 10 nitrogen and oxygen atoms in total. The number of aromatic nitrogens is 2. The van der Waals surface area contributed by atoms with Crippen LogP contribution in [-0.4, -0.2) is 48.4 Å². The molecule has 0 fully saturated rings. The molecule has 0 radical (unpaired) electrons. The Morgan fingerprint density at radius 1 is 0.917 bits per heavy atom. The van der Waals surface area contributed by atoms with Crippen molar-refractivity contribution < 1.29 is 28.9 Å². The van der Waals surface area contributed by atoms with Gasteiger partial charge in [-0.05, 0) is 47.7 Å². The van der Waals surface area contributed by atoms with E-state index in [1.54, 1.807) is 26.4 Å². The average Bonchev–Trinajstić information content (AvgIpc) is 3.26. The van der Waals surface area contributed by atoms with Crippen LogP contribution in [0.2, 0.25) is 0 Å². The minimum atomic E-state index is -1.05. The Bertz CT molecular complexity index is 1420. The van der Waals surface area contributed by atoms with Crippen molar-refractivity contribution in [1.29, 1.82) is 0 Å². The van der Waals surface area contributed by atoms with Crippen LogP contribution < -0.4 is 25.1 Å². The summed E-state index contributed by atoms with van der Waals surface area (Å²) in [6, 6.07) is 9.95. The number of methoxy groups -OCH3 is 3. The number of anilines is 1. The summed E-state index contributed by atoms with van der Waals surface area (Å²) in [5.74, 6) is 0.0381. The Morgan fingerprint density at radius 2 is 1.58 bits per heavy atom. The molecule has 2 atom stereocenters. The molecule has 0 saturated heterocycles. The van der Waals surface area contributed by atoms with Crippen LogP contribution in [0.3, 0.4) is 0 Å². The second-order valence-corrected chi connectivity index (χ2v) is 8.73. The number of nitrogens with one attached hydrogen (secondary N) is 3. The van der Waals surface area contributed by atoms with Gasteiger partial charge in [0.15, 0.2) is 17.3 Å². The maximum absolute atomic E-state index is 13.6. The quantitative estimate of drug-likeness (QED) is 0.411. The monoisotopic (exact) mass is 491 g/mol. The third kappa shape index (κ3) is 3.71. The zero-order valence-corrected chi connectivity index (χ0v) is 19.9. The van der Waals surface area contributed by atoms with Gasteiger partial charge in [-0.15, -0.1) is 0 Å². The molecule has 5 rings (SSSR count). The Kier molecular flexibility index (Phi) is 5.79. The number of carboxylic acids is 1. The van der Waals surface area contributed by atoms with Crippen molar-refractivity contribution in [2.75, 3.05) is 26.6 Å². The molecular formula is C26H25N3O7. The van der Waals surface area contributed by atoms with Crippen LogP contribution in [0.15, 0.2) is 52.5 Å². The molecule has 10 heteroatoms. The van der Waals surface area contributed by atoms with E-state index in [4.69, 9.17) is 14.2 Å². The molecule has 0 bridgehead atoms. The van der Waals surface area contributed by atoms with Crippen LogP contribution in [-0.2, 0) is 4.79 Å². The van der Waals surface area contributed by atoms with E-state index in [9.17, 15) is 19.5 Å². The van der Waals surface area contributed by atoms with Crippen molar-refractivity contribution in [3.63, 3.8) is 0 Å². The summed E-state index contributed by atoms with van der Waals surface area (Å²) < 4.78 is 16.4. The summed E-state index contributed by atoms with van der Waals surface area (Å²) in [4.78, 5) is 37.7. The maximum atomic E-state index is 13.6. The van der Waals surface area contributed by atoms with E-state index in [0.29, 0.717) is 51.9 Å². The van der Waals surface area contributed by atoms with Gasteiger partial charge in [0.25, 0.3) is 5.56 Å². The number of aromatic carboxylic acids is 1. The van der Waals surface area contributed by atoms with Gasteiger partial charge in [-0.25, -0.2) is 4.79 Å². The van der Waals surface area contributed by atoms with Gasteiger partial charge < -0.3 is 24.6 Å². The molecule has 2 aliphatic rings. The number of ketones is 1. The van der Waals surface area contributed by atoms with Gasteiger partial charge in [0.2, 0.25) is 5.75 Å². The average molecular weight is 492 g/mol. The fourth-order valence-corrected chi connectivity index (χ4v) is 5.15. The summed E-state index contributed by atoms with van der Waals surface area (Å²) in [6.45, 7) is 0. The highest BCUT2D eigenvalue weighted by molar-refractivity contribution is 6.01. The van der Waals surface area contributed by atoms with Gasteiger partial charge >= 0.3 is 5.97 Å². The van der Waals surface area contributed by atoms with E-state index in [-0.39, 0.29) is 29.2 Å². The van der Waals surface area contributed by atoms with Crippen molar-refractivity contribution in [1.82, 2.24) is 10.2 Å². The Hall–Kier alpha value is -4.47. The number of carbonyl (C=O) groups excluding carboxylic acids is 1. The van der Waals surface area contributed by atoms with Gasteiger partial charge in [-0.3, -0.25) is 19.8 Å². The van der Waals surface area contributed by atoms with Gasteiger partial charge in [-0.1, -0.05) is 12.1 Å². The van der Waals surface area contributed by atoms with Gasteiger partial charge in [0.05, 0.1) is 32.5 Å². The number of carbonyl (C=O) groups is 2. The first kappa shape index (κ1) is 23.3. The molecule has 0 unspecified atom stereocenters. The molecule has 0 amide bonds. The lowest BCUT2D eigenvalue weighted by Gasteiger charge is -2.34. The molecule has 0 saturated carbocycles. The molecule has 2 aromatic carbocycles. The maximum Gasteiger partial charge on any atom is 0.335 e.